The van der Waals surface area contributed by atoms with Crippen LogP contribution in [-0.2, 0) is 0 Å². The van der Waals surface area contributed by atoms with Gasteiger partial charge in [-0.25, -0.2) is 4.79 Å². The highest BCUT2D eigenvalue weighted by Gasteiger charge is 2.32. The summed E-state index contributed by atoms with van der Waals surface area (Å²) in [4.78, 5) is 16.3. The molecule has 1 aromatic carbocycles. The fourth-order valence-electron chi connectivity index (χ4n) is 2.30. The molecule has 0 saturated carbocycles. The third-order valence-electron chi connectivity index (χ3n) is 3.53. The fraction of sp³-hybridized carbons (Fsp3) is 0.250. The quantitative estimate of drug-likeness (QED) is 0.809. The van der Waals surface area contributed by atoms with Crippen LogP contribution < -0.4 is 16.0 Å². The summed E-state index contributed by atoms with van der Waals surface area (Å²) < 4.78 is 0. The molecule has 5 heteroatoms. The average molecular weight is 282 g/mol. The van der Waals surface area contributed by atoms with Crippen LogP contribution in [0.15, 0.2) is 48.7 Å². The molecule has 3 N–H and O–H groups in total. The number of hydrogen-bond acceptors (Lipinski definition) is 3. The van der Waals surface area contributed by atoms with Crippen molar-refractivity contribution in [3.8, 4) is 11.3 Å². The Hall–Kier alpha value is -2.40. The van der Waals surface area contributed by atoms with Crippen LogP contribution in [0.1, 0.15) is 6.92 Å². The van der Waals surface area contributed by atoms with Crippen LogP contribution in [0.4, 0.5) is 10.5 Å². The maximum Gasteiger partial charge on any atom is 0.319 e. The van der Waals surface area contributed by atoms with Gasteiger partial charge in [0.1, 0.15) is 0 Å². The number of aromatic nitrogens is 1. The van der Waals surface area contributed by atoms with Crippen molar-refractivity contribution >= 4 is 11.7 Å². The Labute approximate surface area is 123 Å². The van der Waals surface area contributed by atoms with Crippen LogP contribution in [0.5, 0.6) is 0 Å². The highest BCUT2D eigenvalue weighted by atomic mass is 16.2. The largest absolute Gasteiger partial charge is 0.330 e. The number of carbonyl (C=O) groups excluding carboxylic acids is 1. The Morgan fingerprint density at radius 2 is 2.00 bits per heavy atom. The molecule has 0 bridgehead atoms. The number of anilines is 1. The minimum absolute atomic E-state index is 0.153. The van der Waals surface area contributed by atoms with Crippen molar-refractivity contribution in [1.82, 2.24) is 15.6 Å². The summed E-state index contributed by atoms with van der Waals surface area (Å²) in [5.74, 6) is 0. The standard InChI is InChI=1S/C16H18N4O/c1-16(10-17-11-16)20-15(21)19-13-7-8-18-14(9-13)12-5-3-2-4-6-12/h2-9,17H,10-11H2,1H3,(H2,18,19,20,21). The van der Waals surface area contributed by atoms with Gasteiger partial charge in [0.2, 0.25) is 0 Å². The molecule has 21 heavy (non-hydrogen) atoms. The molecule has 2 aromatic rings. The van der Waals surface area contributed by atoms with Crippen LogP contribution in [0, 0.1) is 0 Å². The van der Waals surface area contributed by atoms with Gasteiger partial charge in [-0.2, -0.15) is 0 Å². The third kappa shape index (κ3) is 3.20. The van der Waals surface area contributed by atoms with Gasteiger partial charge in [-0.15, -0.1) is 0 Å². The molecule has 0 radical (unpaired) electrons. The second-order valence-corrected chi connectivity index (χ2v) is 5.54. The average Bonchev–Trinajstić information content (AvgIpc) is 2.47. The molecule has 0 aliphatic carbocycles. The summed E-state index contributed by atoms with van der Waals surface area (Å²) in [5.41, 5.74) is 2.44. The lowest BCUT2D eigenvalue weighted by atomic mass is 9.96. The fourth-order valence-corrected chi connectivity index (χ4v) is 2.30. The summed E-state index contributed by atoms with van der Waals surface area (Å²) in [6, 6.07) is 13.4. The lowest BCUT2D eigenvalue weighted by Gasteiger charge is -2.39. The number of urea groups is 1. The number of hydrogen-bond donors (Lipinski definition) is 3. The minimum atomic E-state index is -0.191. The Bertz CT molecular complexity index is 638. The molecule has 5 nitrogen and oxygen atoms in total. The Morgan fingerprint density at radius 1 is 1.24 bits per heavy atom. The summed E-state index contributed by atoms with van der Waals surface area (Å²) in [6.45, 7) is 3.61. The van der Waals surface area contributed by atoms with Crippen molar-refractivity contribution in [3.05, 3.63) is 48.7 Å². The van der Waals surface area contributed by atoms with Gasteiger partial charge in [-0.05, 0) is 19.1 Å². The number of amides is 2. The molecule has 1 aliphatic rings. The zero-order valence-electron chi connectivity index (χ0n) is 11.9. The van der Waals surface area contributed by atoms with Gasteiger partial charge in [0, 0.05) is 30.5 Å². The number of pyridine rings is 1. The monoisotopic (exact) mass is 282 g/mol. The molecule has 1 saturated heterocycles. The molecule has 3 rings (SSSR count). The summed E-state index contributed by atoms with van der Waals surface area (Å²) in [7, 11) is 0. The first-order chi connectivity index (χ1) is 10.1. The second-order valence-electron chi connectivity index (χ2n) is 5.54. The maximum absolute atomic E-state index is 12.0. The first-order valence-electron chi connectivity index (χ1n) is 6.96. The van der Waals surface area contributed by atoms with E-state index in [2.05, 4.69) is 20.9 Å². The second kappa shape index (κ2) is 5.54. The lowest BCUT2D eigenvalue weighted by molar-refractivity contribution is 0.215. The SMILES string of the molecule is CC1(NC(=O)Nc2ccnc(-c3ccccc3)c2)CNC1. The van der Waals surface area contributed by atoms with Crippen LogP contribution in [0.3, 0.4) is 0 Å². The zero-order valence-corrected chi connectivity index (χ0v) is 11.9. The van der Waals surface area contributed by atoms with Crippen molar-refractivity contribution < 1.29 is 4.79 Å². The third-order valence-corrected chi connectivity index (χ3v) is 3.53. The lowest BCUT2D eigenvalue weighted by Crippen LogP contribution is -2.67. The molecule has 1 aromatic heterocycles. The van der Waals surface area contributed by atoms with Gasteiger partial charge < -0.3 is 16.0 Å². The number of benzene rings is 1. The van der Waals surface area contributed by atoms with Crippen LogP contribution in [-0.4, -0.2) is 29.6 Å². The Balaban J connectivity index is 1.70. The topological polar surface area (TPSA) is 66.0 Å². The summed E-state index contributed by atoms with van der Waals surface area (Å²) in [6.07, 6.45) is 1.70. The van der Waals surface area contributed by atoms with E-state index in [-0.39, 0.29) is 11.6 Å². The molecule has 0 unspecified atom stereocenters. The Morgan fingerprint density at radius 3 is 2.67 bits per heavy atom. The van der Waals surface area contributed by atoms with E-state index in [1.165, 1.54) is 0 Å². The van der Waals surface area contributed by atoms with Crippen molar-refractivity contribution in [2.24, 2.45) is 0 Å². The van der Waals surface area contributed by atoms with E-state index in [0.29, 0.717) is 0 Å². The van der Waals surface area contributed by atoms with E-state index in [4.69, 9.17) is 0 Å². The zero-order chi connectivity index (χ0) is 14.7. The molecule has 2 heterocycles. The maximum atomic E-state index is 12.0. The van der Waals surface area contributed by atoms with Crippen molar-refractivity contribution in [3.63, 3.8) is 0 Å². The van der Waals surface area contributed by atoms with Crippen molar-refractivity contribution in [2.75, 3.05) is 18.4 Å². The molecular formula is C16H18N4O. The molecule has 0 spiro atoms. The van der Waals surface area contributed by atoms with Gasteiger partial charge in [-0.1, -0.05) is 30.3 Å². The minimum Gasteiger partial charge on any atom is -0.330 e. The predicted molar refractivity (Wildman–Crippen MR) is 83.1 cm³/mol. The summed E-state index contributed by atoms with van der Waals surface area (Å²) >= 11 is 0. The molecule has 108 valence electrons. The number of nitrogens with one attached hydrogen (secondary N) is 3. The predicted octanol–water partition coefficient (Wildman–Crippen LogP) is 2.23. The van der Waals surface area contributed by atoms with Crippen LogP contribution >= 0.6 is 0 Å². The van der Waals surface area contributed by atoms with E-state index < -0.39 is 0 Å². The number of carbonyl (C=O) groups is 1. The van der Waals surface area contributed by atoms with Gasteiger partial charge in [-0.3, -0.25) is 4.98 Å². The van der Waals surface area contributed by atoms with Gasteiger partial charge in [0.05, 0.1) is 11.2 Å². The molecule has 0 atom stereocenters. The van der Waals surface area contributed by atoms with E-state index in [9.17, 15) is 4.79 Å². The van der Waals surface area contributed by atoms with Crippen LogP contribution in [0.25, 0.3) is 11.3 Å². The first kappa shape index (κ1) is 13.6. The smallest absolute Gasteiger partial charge is 0.319 e. The number of nitrogens with zero attached hydrogens (tertiary/aromatic N) is 1. The van der Waals surface area contributed by atoms with Crippen LogP contribution in [0.2, 0.25) is 0 Å². The van der Waals surface area contributed by atoms with Gasteiger partial charge >= 0.3 is 6.03 Å². The first-order valence-corrected chi connectivity index (χ1v) is 6.96. The van der Waals surface area contributed by atoms with Gasteiger partial charge in [0.15, 0.2) is 0 Å². The molecule has 2 amide bonds. The van der Waals surface area contributed by atoms with E-state index in [0.717, 1.165) is 30.0 Å². The van der Waals surface area contributed by atoms with Gasteiger partial charge in [0.25, 0.3) is 0 Å². The normalized spacial score (nSPS) is 15.9. The highest BCUT2D eigenvalue weighted by molar-refractivity contribution is 5.90. The summed E-state index contributed by atoms with van der Waals surface area (Å²) in [5, 5.41) is 8.98. The highest BCUT2D eigenvalue weighted by Crippen LogP contribution is 2.19. The molecule has 1 fully saturated rings. The van der Waals surface area contributed by atoms with Crippen molar-refractivity contribution in [2.45, 2.75) is 12.5 Å². The van der Waals surface area contributed by atoms with E-state index >= 15 is 0 Å². The molecule has 1 aliphatic heterocycles. The van der Waals surface area contributed by atoms with E-state index in [1.807, 2.05) is 43.3 Å². The van der Waals surface area contributed by atoms with E-state index in [1.54, 1.807) is 12.3 Å². The Kier molecular flexibility index (Phi) is 3.58. The number of rotatable bonds is 3. The van der Waals surface area contributed by atoms with Crippen molar-refractivity contribution in [1.29, 1.82) is 0 Å². The molecular weight excluding hydrogens is 264 g/mol.